The Balaban J connectivity index is -0.000000125. The molecule has 0 amide bonds. The first-order chi connectivity index (χ1) is 2.64. The Labute approximate surface area is 76.1 Å². The van der Waals surface area contributed by atoms with Crippen molar-refractivity contribution < 1.29 is 62.2 Å². The first-order valence-corrected chi connectivity index (χ1v) is 1.37. The van der Waals surface area contributed by atoms with E-state index in [2.05, 4.69) is 0 Å². The van der Waals surface area contributed by atoms with E-state index in [1.807, 2.05) is 0 Å². The van der Waals surface area contributed by atoms with Crippen LogP contribution in [-0.2, 0) is 42.1 Å². The molecule has 0 aliphatic carbocycles. The topological polar surface area (TPSA) is 80.9 Å². The van der Waals surface area contributed by atoms with Gasteiger partial charge in [-0.05, 0) is 0 Å². The van der Waals surface area contributed by atoms with Crippen LogP contribution in [0.15, 0.2) is 0 Å². The van der Waals surface area contributed by atoms with E-state index in [-0.39, 0.29) is 42.1 Å². The van der Waals surface area contributed by atoms with Gasteiger partial charge in [-0.1, -0.05) is 0 Å². The van der Waals surface area contributed by atoms with Gasteiger partial charge < -0.3 is 20.1 Å². The minimum absolute atomic E-state index is 0. The quantitative estimate of drug-likeness (QED) is 0.317. The smallest absolute Gasteiger partial charge is 0.429 e. The van der Waals surface area contributed by atoms with Crippen LogP contribution in [0.25, 0.3) is 0 Å². The zero-order valence-electron chi connectivity index (χ0n) is 3.76. The fourth-order valence-corrected chi connectivity index (χ4v) is 0. The Morgan fingerprint density at radius 1 is 0.625 bits per heavy atom. The number of hydrogen-bond acceptors (Lipinski definition) is 4. The Bertz CT molecular complexity index is 33.0. The Hall–Kier alpha value is 1.35. The average molecular weight is 457 g/mol. The van der Waals surface area contributed by atoms with Gasteiger partial charge in [0.1, 0.15) is 0 Å². The zero-order valence-corrected chi connectivity index (χ0v) is 9.63. The maximum atomic E-state index is 7.69. The van der Waals surface area contributed by atoms with E-state index in [4.69, 9.17) is 20.1 Å². The molecule has 4 N–H and O–H groups in total. The molecule has 0 fully saturated rings. The van der Waals surface area contributed by atoms with E-state index in [0.29, 0.717) is 0 Å². The maximum absolute atomic E-state index is 7.69. The van der Waals surface area contributed by atoms with E-state index in [9.17, 15) is 0 Å². The van der Waals surface area contributed by atoms with Crippen LogP contribution >= 0.6 is 0 Å². The summed E-state index contributed by atoms with van der Waals surface area (Å²) in [6.07, 6.45) is 0. The van der Waals surface area contributed by atoms with Gasteiger partial charge in [0, 0.05) is 42.1 Å². The molecule has 0 radical (unpaired) electrons. The van der Waals surface area contributed by atoms with Crippen molar-refractivity contribution in [3.05, 3.63) is 0 Å². The van der Waals surface area contributed by atoms with Crippen molar-refractivity contribution in [3.63, 3.8) is 0 Å². The van der Waals surface area contributed by atoms with Crippen molar-refractivity contribution in [2.75, 3.05) is 0 Å². The van der Waals surface area contributed by atoms with Crippen LogP contribution in [0, 0.1) is 0 Å². The molecule has 0 aromatic carbocycles. The van der Waals surface area contributed by atoms with E-state index in [1.165, 1.54) is 0 Å². The molecule has 46 valence electrons. The van der Waals surface area contributed by atoms with Gasteiger partial charge in [0.2, 0.25) is 0 Å². The first kappa shape index (κ1) is 16.2. The summed E-state index contributed by atoms with van der Waals surface area (Å²) in [5.41, 5.74) is 0. The average Bonchev–Trinajstić information content (AvgIpc) is 1.36. The monoisotopic (exact) mass is 458 g/mol. The molecule has 4 nitrogen and oxygen atoms in total. The van der Waals surface area contributed by atoms with Crippen LogP contribution in [0.3, 0.4) is 0 Å². The third kappa shape index (κ3) is 10.4. The van der Waals surface area contributed by atoms with Crippen molar-refractivity contribution in [1.82, 2.24) is 0 Å². The maximum Gasteiger partial charge on any atom is 0.482 e. The third-order valence-corrected chi connectivity index (χ3v) is 0.267. The fraction of sp³-hybridized carbons (Fsp3) is 0. The summed E-state index contributed by atoms with van der Waals surface area (Å²) >= 11 is 0. The second-order valence-corrected chi connectivity index (χ2v) is 0.827. The Morgan fingerprint density at radius 2 is 0.750 bits per heavy atom. The van der Waals surface area contributed by atoms with Gasteiger partial charge in [-0.3, -0.25) is 0 Å². The van der Waals surface area contributed by atoms with E-state index in [0.717, 1.165) is 0 Å². The molecule has 8 heavy (non-hydrogen) atoms. The molecule has 0 bridgehead atoms. The summed E-state index contributed by atoms with van der Waals surface area (Å²) in [6, 6.07) is 0. The van der Waals surface area contributed by atoms with Crippen LogP contribution in [0.1, 0.15) is 0 Å². The van der Waals surface area contributed by atoms with Gasteiger partial charge in [-0.25, -0.2) is 0 Å². The van der Waals surface area contributed by atoms with E-state index in [1.54, 1.807) is 0 Å². The zero-order chi connectivity index (χ0) is 5.15. The fourth-order valence-electron chi connectivity index (χ4n) is 0. The van der Waals surface area contributed by atoms with Crippen molar-refractivity contribution in [1.29, 1.82) is 0 Å². The predicted molar refractivity (Wildman–Crippen MR) is 20.4 cm³/mol. The van der Waals surface area contributed by atoms with Crippen molar-refractivity contribution in [2.24, 2.45) is 0 Å². The van der Waals surface area contributed by atoms with E-state index >= 15 is 0 Å². The van der Waals surface area contributed by atoms with Crippen molar-refractivity contribution >= 4 is 14.0 Å². The van der Waals surface area contributed by atoms with Crippen molar-refractivity contribution in [3.8, 4) is 0 Å². The van der Waals surface area contributed by atoms with Gasteiger partial charge in [0.25, 0.3) is 0 Å². The number of hydrogen-bond donors (Lipinski definition) is 4. The van der Waals surface area contributed by atoms with Crippen LogP contribution in [0.2, 0.25) is 0 Å². The Kier molecular flexibility index (Phi) is 16.9. The molecule has 0 atom stereocenters. The van der Waals surface area contributed by atoms with Gasteiger partial charge in [-0.15, -0.1) is 0 Å². The molecular weight excluding hydrogens is 453 g/mol. The third-order valence-electron chi connectivity index (χ3n) is 0.267. The molecule has 0 saturated carbocycles. The SMILES string of the molecule is OB(O)B(O)O.[W].[W]. The second kappa shape index (κ2) is 8.35. The Morgan fingerprint density at radius 3 is 0.750 bits per heavy atom. The first-order valence-electron chi connectivity index (χ1n) is 1.37. The molecule has 0 aliphatic rings. The van der Waals surface area contributed by atoms with Crippen LogP contribution in [-0.4, -0.2) is 34.1 Å². The molecule has 0 unspecified atom stereocenters. The molecule has 8 heteroatoms. The molecule has 0 saturated heterocycles. The normalized spacial score (nSPS) is 6.00. The van der Waals surface area contributed by atoms with E-state index < -0.39 is 14.0 Å². The molecule has 0 rings (SSSR count). The van der Waals surface area contributed by atoms with Crippen molar-refractivity contribution in [2.45, 2.75) is 0 Å². The summed E-state index contributed by atoms with van der Waals surface area (Å²) in [4.78, 5) is 0. The summed E-state index contributed by atoms with van der Waals surface area (Å²) in [5.74, 6) is 0. The van der Waals surface area contributed by atoms with Gasteiger partial charge in [-0.2, -0.15) is 0 Å². The summed E-state index contributed by atoms with van der Waals surface area (Å²) < 4.78 is 0. The van der Waals surface area contributed by atoms with Gasteiger partial charge >= 0.3 is 14.0 Å². The van der Waals surface area contributed by atoms with Crippen LogP contribution in [0.4, 0.5) is 0 Å². The molecule has 0 aliphatic heterocycles. The van der Waals surface area contributed by atoms with Crippen LogP contribution in [0.5, 0.6) is 0 Å². The molecular formula is H4B2O4W2. The minimum Gasteiger partial charge on any atom is -0.429 e. The largest absolute Gasteiger partial charge is 0.482 e. The standard InChI is InChI=1S/B2H4O4.2W/c3-1(4)2(5)6;;/h3-6H;;. The predicted octanol–water partition coefficient (Wildman–Crippen LogP) is -2.99. The molecule has 0 spiro atoms. The summed E-state index contributed by atoms with van der Waals surface area (Å²) in [5, 5.41) is 30.7. The summed E-state index contributed by atoms with van der Waals surface area (Å²) in [7, 11) is -4.07. The second-order valence-electron chi connectivity index (χ2n) is 0.827. The molecule has 0 aromatic rings. The van der Waals surface area contributed by atoms with Gasteiger partial charge in [0.15, 0.2) is 0 Å². The molecule has 0 aromatic heterocycles. The molecule has 0 heterocycles. The minimum atomic E-state index is -2.04. The number of rotatable bonds is 1. The summed E-state index contributed by atoms with van der Waals surface area (Å²) in [6.45, 7) is 0. The van der Waals surface area contributed by atoms with Crippen LogP contribution < -0.4 is 0 Å². The van der Waals surface area contributed by atoms with Gasteiger partial charge in [0.05, 0.1) is 0 Å².